The monoisotopic (exact) mass is 167 g/mol. The number of likely N-dealkylation sites (N-methyl/N-ethyl adjacent to an activating group) is 1. The minimum Gasteiger partial charge on any atom is -0.351 e. The van der Waals surface area contributed by atoms with Gasteiger partial charge in [0.2, 0.25) is 0 Å². The summed E-state index contributed by atoms with van der Waals surface area (Å²) in [5.41, 5.74) is 5.13. The van der Waals surface area contributed by atoms with Crippen LogP contribution in [0.25, 0.3) is 0 Å². The van der Waals surface area contributed by atoms with Crippen molar-refractivity contribution in [2.24, 2.45) is 5.73 Å². The first-order chi connectivity index (χ1) is 5.65. The Morgan fingerprint density at radius 1 is 1.67 bits per heavy atom. The zero-order chi connectivity index (χ0) is 9.14. The molecule has 1 aliphatic heterocycles. The average molecular weight is 167 g/mol. The van der Waals surface area contributed by atoms with Crippen LogP contribution in [0, 0.1) is 12.3 Å². The van der Waals surface area contributed by atoms with E-state index in [1.165, 1.54) is 0 Å². The van der Waals surface area contributed by atoms with Crippen LogP contribution in [0.3, 0.4) is 0 Å². The summed E-state index contributed by atoms with van der Waals surface area (Å²) < 4.78 is 0. The van der Waals surface area contributed by atoms with Crippen LogP contribution in [0.5, 0.6) is 0 Å². The standard InChI is InChI=1S/C8H13N3O/c1-3-7-6-11(8(9)12)5-4-10(7)2/h1,7H,4-6H2,2H3,(H2,9,12)/t7-/m1/s1. The van der Waals surface area contributed by atoms with Gasteiger partial charge in [0.1, 0.15) is 0 Å². The first-order valence-corrected chi connectivity index (χ1v) is 3.86. The third kappa shape index (κ3) is 1.69. The van der Waals surface area contributed by atoms with Crippen LogP contribution in [0.4, 0.5) is 4.79 Å². The van der Waals surface area contributed by atoms with Crippen molar-refractivity contribution in [2.45, 2.75) is 6.04 Å². The van der Waals surface area contributed by atoms with Crippen LogP contribution in [0.1, 0.15) is 0 Å². The largest absolute Gasteiger partial charge is 0.351 e. The van der Waals surface area contributed by atoms with E-state index in [9.17, 15) is 4.79 Å². The van der Waals surface area contributed by atoms with Gasteiger partial charge >= 0.3 is 6.03 Å². The maximum atomic E-state index is 10.8. The number of terminal acetylenes is 1. The number of carbonyl (C=O) groups is 1. The van der Waals surface area contributed by atoms with E-state index in [0.717, 1.165) is 6.54 Å². The molecule has 4 heteroatoms. The van der Waals surface area contributed by atoms with Gasteiger partial charge in [-0.3, -0.25) is 4.90 Å². The molecule has 1 atom stereocenters. The van der Waals surface area contributed by atoms with Crippen LogP contribution in [0.2, 0.25) is 0 Å². The number of rotatable bonds is 0. The summed E-state index contributed by atoms with van der Waals surface area (Å²) in [6.07, 6.45) is 5.29. The number of amides is 2. The van der Waals surface area contributed by atoms with Crippen molar-refractivity contribution in [2.75, 3.05) is 26.7 Å². The maximum Gasteiger partial charge on any atom is 0.314 e. The van der Waals surface area contributed by atoms with E-state index in [1.807, 2.05) is 11.9 Å². The van der Waals surface area contributed by atoms with Crippen molar-refractivity contribution >= 4 is 6.03 Å². The highest BCUT2D eigenvalue weighted by atomic mass is 16.2. The number of hydrogen-bond donors (Lipinski definition) is 1. The fraction of sp³-hybridized carbons (Fsp3) is 0.625. The van der Waals surface area contributed by atoms with E-state index in [4.69, 9.17) is 12.2 Å². The van der Waals surface area contributed by atoms with Gasteiger partial charge < -0.3 is 10.6 Å². The summed E-state index contributed by atoms with van der Waals surface area (Å²) in [6.45, 7) is 2.00. The molecule has 0 aromatic carbocycles. The van der Waals surface area contributed by atoms with Crippen molar-refractivity contribution in [3.63, 3.8) is 0 Å². The zero-order valence-corrected chi connectivity index (χ0v) is 7.16. The Balaban J connectivity index is 2.57. The lowest BCUT2D eigenvalue weighted by molar-refractivity contribution is 0.138. The van der Waals surface area contributed by atoms with Crippen LogP contribution in [0.15, 0.2) is 0 Å². The third-order valence-electron chi connectivity index (χ3n) is 2.15. The summed E-state index contributed by atoms with van der Waals surface area (Å²) in [5, 5.41) is 0. The van der Waals surface area contributed by atoms with Crippen LogP contribution >= 0.6 is 0 Å². The molecular formula is C8H13N3O. The van der Waals surface area contributed by atoms with E-state index < -0.39 is 0 Å². The SMILES string of the molecule is C#C[C@@H]1CN(C(N)=O)CCN1C. The molecule has 1 heterocycles. The highest BCUT2D eigenvalue weighted by Crippen LogP contribution is 2.05. The molecule has 0 spiro atoms. The first-order valence-electron chi connectivity index (χ1n) is 3.86. The molecule has 0 radical (unpaired) electrons. The zero-order valence-electron chi connectivity index (χ0n) is 7.16. The van der Waals surface area contributed by atoms with E-state index in [0.29, 0.717) is 13.1 Å². The van der Waals surface area contributed by atoms with Crippen molar-refractivity contribution in [3.05, 3.63) is 0 Å². The molecule has 1 saturated heterocycles. The van der Waals surface area contributed by atoms with Crippen molar-refractivity contribution < 1.29 is 4.79 Å². The Morgan fingerprint density at radius 2 is 2.33 bits per heavy atom. The lowest BCUT2D eigenvalue weighted by Gasteiger charge is -2.35. The molecule has 2 amide bonds. The summed E-state index contributed by atoms with van der Waals surface area (Å²) in [7, 11) is 1.95. The smallest absolute Gasteiger partial charge is 0.314 e. The van der Waals surface area contributed by atoms with Crippen molar-refractivity contribution in [1.82, 2.24) is 9.80 Å². The number of carbonyl (C=O) groups excluding carboxylic acids is 1. The fourth-order valence-electron chi connectivity index (χ4n) is 1.25. The topological polar surface area (TPSA) is 49.6 Å². The van der Waals surface area contributed by atoms with Gasteiger partial charge in [-0.05, 0) is 7.05 Å². The number of nitrogens with two attached hydrogens (primary N) is 1. The van der Waals surface area contributed by atoms with Crippen LogP contribution in [-0.2, 0) is 0 Å². The predicted octanol–water partition coefficient (Wildman–Crippen LogP) is -0.686. The molecule has 12 heavy (non-hydrogen) atoms. The summed E-state index contributed by atoms with van der Waals surface area (Å²) in [4.78, 5) is 14.4. The van der Waals surface area contributed by atoms with Gasteiger partial charge in [-0.2, -0.15) is 0 Å². The van der Waals surface area contributed by atoms with E-state index in [2.05, 4.69) is 5.92 Å². The number of urea groups is 1. The van der Waals surface area contributed by atoms with E-state index in [1.54, 1.807) is 4.90 Å². The Bertz CT molecular complexity index is 221. The molecule has 0 aromatic rings. The van der Waals surface area contributed by atoms with Gasteiger partial charge in [-0.15, -0.1) is 6.42 Å². The molecule has 0 bridgehead atoms. The molecule has 1 fully saturated rings. The minimum absolute atomic E-state index is 0.00579. The molecule has 1 rings (SSSR count). The third-order valence-corrected chi connectivity index (χ3v) is 2.15. The van der Waals surface area contributed by atoms with E-state index in [-0.39, 0.29) is 12.1 Å². The highest BCUT2D eigenvalue weighted by Gasteiger charge is 2.24. The van der Waals surface area contributed by atoms with E-state index >= 15 is 0 Å². The lowest BCUT2D eigenvalue weighted by atomic mass is 10.2. The first kappa shape index (κ1) is 8.88. The van der Waals surface area contributed by atoms with Gasteiger partial charge in [0, 0.05) is 19.6 Å². The normalized spacial score (nSPS) is 25.0. The molecule has 4 nitrogen and oxygen atoms in total. The molecule has 0 aromatic heterocycles. The van der Waals surface area contributed by atoms with Gasteiger partial charge in [0.05, 0.1) is 6.04 Å². The number of primary amides is 1. The molecule has 0 unspecified atom stereocenters. The number of piperazine rings is 1. The minimum atomic E-state index is -0.386. The molecule has 0 aliphatic carbocycles. The number of nitrogens with zero attached hydrogens (tertiary/aromatic N) is 2. The second-order valence-electron chi connectivity index (χ2n) is 2.95. The van der Waals surface area contributed by atoms with Gasteiger partial charge in [-0.25, -0.2) is 4.79 Å². The van der Waals surface area contributed by atoms with Crippen molar-refractivity contribution in [1.29, 1.82) is 0 Å². The quantitative estimate of drug-likeness (QED) is 0.486. The van der Waals surface area contributed by atoms with Gasteiger partial charge in [0.25, 0.3) is 0 Å². The van der Waals surface area contributed by atoms with Crippen LogP contribution < -0.4 is 5.73 Å². The summed E-state index contributed by atoms with van der Waals surface area (Å²) in [5.74, 6) is 2.62. The summed E-state index contributed by atoms with van der Waals surface area (Å²) in [6, 6.07) is -0.380. The van der Waals surface area contributed by atoms with Gasteiger partial charge in [0.15, 0.2) is 0 Å². The predicted molar refractivity (Wildman–Crippen MR) is 46.4 cm³/mol. The molecule has 1 aliphatic rings. The van der Waals surface area contributed by atoms with Crippen molar-refractivity contribution in [3.8, 4) is 12.3 Å². The molecule has 66 valence electrons. The molecular weight excluding hydrogens is 154 g/mol. The second-order valence-corrected chi connectivity index (χ2v) is 2.95. The number of hydrogen-bond acceptors (Lipinski definition) is 2. The Labute approximate surface area is 72.3 Å². The fourth-order valence-corrected chi connectivity index (χ4v) is 1.25. The summed E-state index contributed by atoms with van der Waals surface area (Å²) >= 11 is 0. The highest BCUT2D eigenvalue weighted by molar-refractivity contribution is 5.72. The Hall–Kier alpha value is -1.21. The lowest BCUT2D eigenvalue weighted by Crippen LogP contribution is -2.54. The average Bonchev–Trinajstić information content (AvgIpc) is 2.05. The Morgan fingerprint density at radius 3 is 2.83 bits per heavy atom. The second kappa shape index (κ2) is 3.46. The Kier molecular flexibility index (Phi) is 2.56. The van der Waals surface area contributed by atoms with Gasteiger partial charge in [-0.1, -0.05) is 5.92 Å². The molecule has 2 N–H and O–H groups in total. The molecule has 0 saturated carbocycles. The maximum absolute atomic E-state index is 10.8. The van der Waals surface area contributed by atoms with Crippen LogP contribution in [-0.4, -0.2) is 48.6 Å².